The van der Waals surface area contributed by atoms with Crippen molar-refractivity contribution in [3.63, 3.8) is 0 Å². The molecule has 1 aliphatic heterocycles. The maximum atomic E-state index is 5.52. The molecule has 0 saturated heterocycles. The molecular formula is C56H40N2Si. The minimum Gasteiger partial charge on any atom is -0.228 e. The topological polar surface area (TPSA) is 25.8 Å². The van der Waals surface area contributed by atoms with E-state index in [2.05, 4.69) is 219 Å². The number of hydrogen-bond acceptors (Lipinski definition) is 2. The van der Waals surface area contributed by atoms with Crippen molar-refractivity contribution in [1.29, 1.82) is 0 Å². The van der Waals surface area contributed by atoms with Crippen LogP contribution in [-0.2, 0) is 0 Å². The van der Waals surface area contributed by atoms with Crippen molar-refractivity contribution in [3.05, 3.63) is 206 Å². The third-order valence-corrected chi connectivity index (χ3v) is 15.7. The zero-order valence-electron chi connectivity index (χ0n) is 33.0. The van der Waals surface area contributed by atoms with Crippen molar-refractivity contribution in [2.24, 2.45) is 0 Å². The lowest BCUT2D eigenvalue weighted by Crippen LogP contribution is -2.50. The highest BCUT2D eigenvalue weighted by Crippen LogP contribution is 2.42. The van der Waals surface area contributed by atoms with E-state index in [0.29, 0.717) is 0 Å². The first-order chi connectivity index (χ1) is 29.0. The van der Waals surface area contributed by atoms with E-state index in [4.69, 9.17) is 9.97 Å². The molecule has 3 heteroatoms. The van der Waals surface area contributed by atoms with Crippen molar-refractivity contribution in [2.75, 3.05) is 0 Å². The minimum atomic E-state index is -2.36. The monoisotopic (exact) mass is 768 g/mol. The van der Waals surface area contributed by atoms with Gasteiger partial charge in [0.1, 0.15) is 8.07 Å². The van der Waals surface area contributed by atoms with Gasteiger partial charge in [-0.3, -0.25) is 0 Å². The van der Waals surface area contributed by atoms with Crippen LogP contribution in [0.3, 0.4) is 0 Å². The average Bonchev–Trinajstić information content (AvgIpc) is 3.56. The second-order valence-electron chi connectivity index (χ2n) is 16.1. The van der Waals surface area contributed by atoms with Crippen molar-refractivity contribution >= 4 is 40.0 Å². The molecule has 0 saturated carbocycles. The molecule has 0 amide bonds. The van der Waals surface area contributed by atoms with Crippen molar-refractivity contribution in [2.45, 2.75) is 13.1 Å². The lowest BCUT2D eigenvalue weighted by Gasteiger charge is -2.23. The molecule has 9 aromatic carbocycles. The van der Waals surface area contributed by atoms with Crippen LogP contribution in [0, 0.1) is 0 Å². The van der Waals surface area contributed by atoms with Crippen LogP contribution in [0.4, 0.5) is 0 Å². The first-order valence-corrected chi connectivity index (χ1v) is 23.4. The Morgan fingerprint density at radius 1 is 0.288 bits per heavy atom. The molecule has 0 radical (unpaired) electrons. The summed E-state index contributed by atoms with van der Waals surface area (Å²) in [5.41, 5.74) is 15.1. The predicted octanol–water partition coefficient (Wildman–Crippen LogP) is 13.6. The largest absolute Gasteiger partial charge is 0.228 e. The van der Waals surface area contributed by atoms with Gasteiger partial charge in [0, 0.05) is 16.7 Å². The summed E-state index contributed by atoms with van der Waals surface area (Å²) in [4.78, 5) is 11.0. The Morgan fingerprint density at radius 3 is 1.24 bits per heavy atom. The number of nitrogens with zero attached hydrogens (tertiary/aromatic N) is 2. The SMILES string of the molecule is C[Si]1(C)c2c(-c3cccc(-c4cccc(-c5cc(-c6ccccc6)cc(-c6ccccc6)c5)c4)c3)nc(-c3ccccc3)nc2-c2c1c1ccccc1c1ccccc21. The molecular weight excluding hydrogens is 729 g/mol. The summed E-state index contributed by atoms with van der Waals surface area (Å²) in [6.45, 7) is 4.99. The fraction of sp³-hybridized carbons (Fsp3) is 0.0357. The number of fused-ring (bicyclic) bond motifs is 8. The van der Waals surface area contributed by atoms with Crippen molar-refractivity contribution < 1.29 is 0 Å². The number of aromatic nitrogens is 2. The van der Waals surface area contributed by atoms with E-state index in [9.17, 15) is 0 Å². The molecule has 2 nitrogen and oxygen atoms in total. The third kappa shape index (κ3) is 5.93. The molecule has 0 spiro atoms. The van der Waals surface area contributed by atoms with Gasteiger partial charge in [0.15, 0.2) is 5.82 Å². The van der Waals surface area contributed by atoms with E-state index in [1.165, 1.54) is 76.4 Å². The normalized spacial score (nSPS) is 12.7. The summed E-state index contributed by atoms with van der Waals surface area (Å²) in [7, 11) is -2.36. The van der Waals surface area contributed by atoms with Crippen LogP contribution in [0.5, 0.6) is 0 Å². The van der Waals surface area contributed by atoms with E-state index in [-0.39, 0.29) is 0 Å². The zero-order valence-corrected chi connectivity index (χ0v) is 34.0. The predicted molar refractivity (Wildman–Crippen MR) is 252 cm³/mol. The van der Waals surface area contributed by atoms with Crippen LogP contribution < -0.4 is 10.4 Å². The average molecular weight is 769 g/mol. The van der Waals surface area contributed by atoms with Gasteiger partial charge in [0.25, 0.3) is 0 Å². The molecule has 10 aromatic rings. The number of benzene rings is 9. The molecule has 0 atom stereocenters. The molecule has 0 aliphatic carbocycles. The number of rotatable bonds is 6. The van der Waals surface area contributed by atoms with E-state index >= 15 is 0 Å². The van der Waals surface area contributed by atoms with E-state index < -0.39 is 8.07 Å². The molecule has 2 heterocycles. The maximum absolute atomic E-state index is 5.52. The molecule has 59 heavy (non-hydrogen) atoms. The smallest absolute Gasteiger partial charge is 0.160 e. The van der Waals surface area contributed by atoms with Gasteiger partial charge in [-0.05, 0) is 107 Å². The Bertz CT molecular complexity index is 3170. The van der Waals surface area contributed by atoms with Crippen molar-refractivity contribution in [3.8, 4) is 78.4 Å². The second-order valence-corrected chi connectivity index (χ2v) is 20.4. The fourth-order valence-electron chi connectivity index (χ4n) is 9.43. The molecule has 0 bridgehead atoms. The number of hydrogen-bond donors (Lipinski definition) is 0. The summed E-state index contributed by atoms with van der Waals surface area (Å²) in [5.74, 6) is 0.758. The highest BCUT2D eigenvalue weighted by atomic mass is 28.3. The summed E-state index contributed by atoms with van der Waals surface area (Å²) < 4.78 is 0. The first-order valence-electron chi connectivity index (χ1n) is 20.4. The molecule has 0 N–H and O–H groups in total. The molecule has 1 aromatic heterocycles. The van der Waals surface area contributed by atoms with Gasteiger partial charge in [-0.15, -0.1) is 0 Å². The Labute approximate surface area is 346 Å². The Hall–Kier alpha value is -7.20. The Kier molecular flexibility index (Phi) is 8.31. The van der Waals surface area contributed by atoms with Gasteiger partial charge >= 0.3 is 0 Å². The lowest BCUT2D eigenvalue weighted by atomic mass is 9.92. The molecule has 0 unspecified atom stereocenters. The van der Waals surface area contributed by atoms with Crippen LogP contribution in [0.25, 0.3) is 100.0 Å². The Balaban J connectivity index is 1.09. The fourth-order valence-corrected chi connectivity index (χ4v) is 13.0. The Morgan fingerprint density at radius 2 is 0.661 bits per heavy atom. The van der Waals surface area contributed by atoms with Gasteiger partial charge < -0.3 is 0 Å². The highest BCUT2D eigenvalue weighted by Gasteiger charge is 2.44. The first kappa shape index (κ1) is 35.0. The highest BCUT2D eigenvalue weighted by molar-refractivity contribution is 7.06. The standard InChI is InChI=1S/C56H40N2Si/c1-59(2)54-50-31-15-13-29-48(50)47-28-12-14-30-49(47)51(54)53-55(59)52(57-56(58-53)39-22-10-5-11-23-39)43-27-17-25-41(33-43)40-24-16-26-42(32-40)46-35-44(37-18-6-3-7-19-37)34-45(36-46)38-20-8-4-9-21-38/h3-36H,1-2H3. The van der Waals surface area contributed by atoms with Gasteiger partial charge in [0.05, 0.1) is 11.4 Å². The van der Waals surface area contributed by atoms with Gasteiger partial charge in [-0.1, -0.05) is 189 Å². The van der Waals surface area contributed by atoms with E-state index in [0.717, 1.165) is 33.9 Å². The minimum absolute atomic E-state index is 0.758. The molecule has 11 rings (SSSR count). The van der Waals surface area contributed by atoms with Gasteiger partial charge in [-0.25, -0.2) is 9.97 Å². The summed E-state index contributed by atoms with van der Waals surface area (Å²) in [5, 5.41) is 7.94. The second kappa shape index (κ2) is 14.0. The van der Waals surface area contributed by atoms with Gasteiger partial charge in [-0.2, -0.15) is 0 Å². The molecule has 0 fully saturated rings. The van der Waals surface area contributed by atoms with Crippen LogP contribution >= 0.6 is 0 Å². The van der Waals surface area contributed by atoms with Crippen LogP contribution in [0.1, 0.15) is 0 Å². The van der Waals surface area contributed by atoms with E-state index in [1.54, 1.807) is 0 Å². The third-order valence-electron chi connectivity index (χ3n) is 12.2. The van der Waals surface area contributed by atoms with Crippen molar-refractivity contribution in [1.82, 2.24) is 9.97 Å². The maximum Gasteiger partial charge on any atom is 0.160 e. The molecule has 278 valence electrons. The zero-order chi connectivity index (χ0) is 39.5. The summed E-state index contributed by atoms with van der Waals surface area (Å²) in [6.07, 6.45) is 0. The van der Waals surface area contributed by atoms with Crippen LogP contribution in [0.15, 0.2) is 206 Å². The van der Waals surface area contributed by atoms with Gasteiger partial charge in [0.2, 0.25) is 0 Å². The summed E-state index contributed by atoms with van der Waals surface area (Å²) in [6, 6.07) is 74.6. The molecule has 1 aliphatic rings. The lowest BCUT2D eigenvalue weighted by molar-refractivity contribution is 1.20. The quantitative estimate of drug-likeness (QED) is 0.124. The summed E-state index contributed by atoms with van der Waals surface area (Å²) >= 11 is 0. The van der Waals surface area contributed by atoms with E-state index in [1.807, 2.05) is 0 Å². The van der Waals surface area contributed by atoms with Crippen LogP contribution in [0.2, 0.25) is 13.1 Å². The van der Waals surface area contributed by atoms with Crippen LogP contribution in [-0.4, -0.2) is 18.0 Å².